The number of hydrogen-bond acceptors (Lipinski definition) is 2. The fourth-order valence-corrected chi connectivity index (χ4v) is 2.36. The molecule has 0 aliphatic carbocycles. The summed E-state index contributed by atoms with van der Waals surface area (Å²) in [5, 5.41) is 8.83. The summed E-state index contributed by atoms with van der Waals surface area (Å²) in [5.74, 6) is 0.525. The molecule has 0 saturated heterocycles. The molecular formula is C11H16N2O2. The number of aryl methyl sites for hydroxylation is 1. The molecule has 0 radical (unpaired) electrons. The van der Waals surface area contributed by atoms with Crippen LogP contribution >= 0.6 is 0 Å². The van der Waals surface area contributed by atoms with Gasteiger partial charge in [0.05, 0.1) is 6.42 Å². The first kappa shape index (κ1) is 10.2. The van der Waals surface area contributed by atoms with Gasteiger partial charge in [-0.05, 0) is 12.8 Å². The van der Waals surface area contributed by atoms with Gasteiger partial charge < -0.3 is 9.67 Å². The minimum atomic E-state index is -0.715. The maximum atomic E-state index is 10.7. The van der Waals surface area contributed by atoms with Gasteiger partial charge in [-0.1, -0.05) is 6.92 Å². The lowest BCUT2D eigenvalue weighted by Gasteiger charge is -2.23. The third-order valence-corrected chi connectivity index (χ3v) is 3.06. The number of nitrogens with zero attached hydrogens (tertiary/aromatic N) is 2. The van der Waals surface area contributed by atoms with Crippen LogP contribution in [0.15, 0.2) is 6.20 Å². The van der Waals surface area contributed by atoms with Crippen molar-refractivity contribution in [3.63, 3.8) is 0 Å². The van der Waals surface area contributed by atoms with E-state index in [1.54, 1.807) is 0 Å². The van der Waals surface area contributed by atoms with Crippen molar-refractivity contribution in [2.45, 2.75) is 45.1 Å². The molecular weight excluding hydrogens is 192 g/mol. The summed E-state index contributed by atoms with van der Waals surface area (Å²) >= 11 is 0. The summed E-state index contributed by atoms with van der Waals surface area (Å²) in [7, 11) is 0. The van der Waals surface area contributed by atoms with Crippen LogP contribution in [0.25, 0.3) is 0 Å². The van der Waals surface area contributed by atoms with Gasteiger partial charge in [0, 0.05) is 30.8 Å². The van der Waals surface area contributed by atoms with E-state index in [0.29, 0.717) is 0 Å². The summed E-state index contributed by atoms with van der Waals surface area (Å²) in [5.41, 5.74) is 1.11. The minimum absolute atomic E-state index is 0.157. The number of rotatable bonds is 3. The molecule has 4 nitrogen and oxygen atoms in total. The Morgan fingerprint density at radius 1 is 1.73 bits per heavy atom. The number of carboxylic acid groups (broad SMARTS) is 1. The van der Waals surface area contributed by atoms with Crippen LogP contribution in [0.4, 0.5) is 0 Å². The number of imidazole rings is 1. The highest BCUT2D eigenvalue weighted by atomic mass is 16.4. The third kappa shape index (κ3) is 1.89. The summed E-state index contributed by atoms with van der Waals surface area (Å²) in [4.78, 5) is 15.1. The Balaban J connectivity index is 2.26. The molecule has 0 aromatic carbocycles. The quantitative estimate of drug-likeness (QED) is 0.824. The summed E-state index contributed by atoms with van der Waals surface area (Å²) < 4.78 is 2.19. The highest BCUT2D eigenvalue weighted by molar-refractivity contribution is 5.67. The lowest BCUT2D eigenvalue weighted by Crippen LogP contribution is -2.19. The number of hydrogen-bond donors (Lipinski definition) is 1. The van der Waals surface area contributed by atoms with Crippen molar-refractivity contribution in [2.24, 2.45) is 0 Å². The Labute approximate surface area is 88.9 Å². The molecule has 82 valence electrons. The number of aromatic nitrogens is 2. The van der Waals surface area contributed by atoms with Crippen molar-refractivity contribution >= 4 is 5.97 Å². The van der Waals surface area contributed by atoms with Gasteiger partial charge in [-0.2, -0.15) is 0 Å². The molecule has 0 fully saturated rings. The molecule has 1 aliphatic heterocycles. The summed E-state index contributed by atoms with van der Waals surface area (Å²) in [6, 6.07) is 0. The molecule has 2 rings (SSSR count). The van der Waals surface area contributed by atoms with E-state index in [1.165, 1.54) is 0 Å². The van der Waals surface area contributed by atoms with E-state index >= 15 is 0 Å². The fourth-order valence-electron chi connectivity index (χ4n) is 2.36. The minimum Gasteiger partial charge on any atom is -0.481 e. The van der Waals surface area contributed by atoms with Crippen molar-refractivity contribution in [1.29, 1.82) is 0 Å². The van der Waals surface area contributed by atoms with Crippen molar-refractivity contribution in [1.82, 2.24) is 9.55 Å². The predicted octanol–water partition coefficient (Wildman–Crippen LogP) is 1.80. The van der Waals surface area contributed by atoms with Crippen molar-refractivity contribution in [3.8, 4) is 0 Å². The maximum Gasteiger partial charge on any atom is 0.304 e. The van der Waals surface area contributed by atoms with Crippen LogP contribution in [0.1, 0.15) is 43.6 Å². The van der Waals surface area contributed by atoms with Gasteiger partial charge in [-0.15, -0.1) is 0 Å². The molecule has 1 aromatic heterocycles. The zero-order valence-corrected chi connectivity index (χ0v) is 8.94. The second-order valence-electron chi connectivity index (χ2n) is 4.04. The smallest absolute Gasteiger partial charge is 0.304 e. The highest BCUT2D eigenvalue weighted by Crippen LogP contribution is 2.30. The van der Waals surface area contributed by atoms with E-state index < -0.39 is 5.97 Å². The second kappa shape index (κ2) is 4.04. The van der Waals surface area contributed by atoms with Crippen LogP contribution in [-0.4, -0.2) is 20.6 Å². The molecule has 15 heavy (non-hydrogen) atoms. The van der Waals surface area contributed by atoms with Gasteiger partial charge in [-0.25, -0.2) is 4.98 Å². The fraction of sp³-hybridized carbons (Fsp3) is 0.636. The topological polar surface area (TPSA) is 55.1 Å². The standard InChI is InChI=1S/C11H16N2O2/c1-2-10-12-7-9-8(6-11(14)15)4-3-5-13(9)10/h7-8H,2-6H2,1H3,(H,14,15). The molecule has 1 N–H and O–H groups in total. The van der Waals surface area contributed by atoms with Crippen LogP contribution in [0.5, 0.6) is 0 Å². The number of fused-ring (bicyclic) bond motifs is 1. The van der Waals surface area contributed by atoms with Crippen LogP contribution in [0.2, 0.25) is 0 Å². The zero-order chi connectivity index (χ0) is 10.8. The van der Waals surface area contributed by atoms with E-state index in [9.17, 15) is 4.79 Å². The van der Waals surface area contributed by atoms with Crippen LogP contribution in [0, 0.1) is 0 Å². The maximum absolute atomic E-state index is 10.7. The molecule has 0 spiro atoms. The number of carboxylic acids is 1. The lowest BCUT2D eigenvalue weighted by molar-refractivity contribution is -0.137. The van der Waals surface area contributed by atoms with E-state index in [4.69, 9.17) is 5.11 Å². The summed E-state index contributed by atoms with van der Waals surface area (Å²) in [6.07, 6.45) is 5.04. The van der Waals surface area contributed by atoms with Gasteiger partial charge in [-0.3, -0.25) is 4.79 Å². The highest BCUT2D eigenvalue weighted by Gasteiger charge is 2.24. The second-order valence-corrected chi connectivity index (χ2v) is 4.04. The van der Waals surface area contributed by atoms with Crippen LogP contribution < -0.4 is 0 Å². The molecule has 1 aliphatic rings. The van der Waals surface area contributed by atoms with Gasteiger partial charge in [0.25, 0.3) is 0 Å². The molecule has 1 atom stereocenters. The van der Waals surface area contributed by atoms with E-state index in [0.717, 1.165) is 37.3 Å². The van der Waals surface area contributed by atoms with Crippen molar-refractivity contribution in [2.75, 3.05) is 0 Å². The van der Waals surface area contributed by atoms with E-state index in [2.05, 4.69) is 16.5 Å². The molecule has 0 bridgehead atoms. The average Bonchev–Trinajstić information content (AvgIpc) is 2.61. The van der Waals surface area contributed by atoms with Crippen molar-refractivity contribution in [3.05, 3.63) is 17.7 Å². The van der Waals surface area contributed by atoms with Crippen molar-refractivity contribution < 1.29 is 9.90 Å². The molecule has 1 aromatic rings. The third-order valence-electron chi connectivity index (χ3n) is 3.06. The monoisotopic (exact) mass is 208 g/mol. The predicted molar refractivity (Wildman–Crippen MR) is 55.8 cm³/mol. The first-order chi connectivity index (χ1) is 7.22. The zero-order valence-electron chi connectivity index (χ0n) is 8.94. The average molecular weight is 208 g/mol. The Kier molecular flexibility index (Phi) is 2.75. The Morgan fingerprint density at radius 2 is 2.53 bits per heavy atom. The van der Waals surface area contributed by atoms with Gasteiger partial charge in [0.15, 0.2) is 0 Å². The van der Waals surface area contributed by atoms with Gasteiger partial charge in [0.2, 0.25) is 0 Å². The molecule has 0 amide bonds. The van der Waals surface area contributed by atoms with E-state index in [1.807, 2.05) is 6.20 Å². The molecule has 0 saturated carbocycles. The Hall–Kier alpha value is -1.32. The van der Waals surface area contributed by atoms with Gasteiger partial charge in [0.1, 0.15) is 5.82 Å². The first-order valence-electron chi connectivity index (χ1n) is 5.48. The van der Waals surface area contributed by atoms with Crippen LogP contribution in [-0.2, 0) is 17.8 Å². The van der Waals surface area contributed by atoms with E-state index in [-0.39, 0.29) is 12.3 Å². The molecule has 1 unspecified atom stereocenters. The van der Waals surface area contributed by atoms with Crippen LogP contribution in [0.3, 0.4) is 0 Å². The Bertz CT molecular complexity index is 371. The molecule has 2 heterocycles. The summed E-state index contributed by atoms with van der Waals surface area (Å²) in [6.45, 7) is 3.07. The molecule has 4 heteroatoms. The lowest BCUT2D eigenvalue weighted by atomic mass is 9.93. The Morgan fingerprint density at radius 3 is 3.20 bits per heavy atom. The number of carbonyl (C=O) groups is 1. The normalized spacial score (nSPS) is 19.9. The van der Waals surface area contributed by atoms with Gasteiger partial charge >= 0.3 is 5.97 Å². The largest absolute Gasteiger partial charge is 0.481 e. The first-order valence-corrected chi connectivity index (χ1v) is 5.48. The SMILES string of the molecule is CCc1ncc2n1CCCC2CC(=O)O. The number of aliphatic carboxylic acids is 1.